The van der Waals surface area contributed by atoms with Crippen LogP contribution in [0.2, 0.25) is 0 Å². The van der Waals surface area contributed by atoms with Crippen molar-refractivity contribution >= 4 is 27.5 Å². The van der Waals surface area contributed by atoms with E-state index in [4.69, 9.17) is 15.7 Å². The Balaban J connectivity index is 1.78. The fourth-order valence-electron chi connectivity index (χ4n) is 1.74. The van der Waals surface area contributed by atoms with Crippen LogP contribution in [-0.4, -0.2) is 24.2 Å². The van der Waals surface area contributed by atoms with Crippen LogP contribution >= 0.6 is 15.9 Å². The van der Waals surface area contributed by atoms with Gasteiger partial charge in [-0.25, -0.2) is 0 Å². The third-order valence-corrected chi connectivity index (χ3v) is 3.28. The van der Waals surface area contributed by atoms with Crippen molar-refractivity contribution < 1.29 is 9.94 Å². The molecule has 0 amide bonds. The zero-order valence-electron chi connectivity index (χ0n) is 11.3. The standard InChI is InChI=1S/C15H16BrN3O2/c16-12-2-1-3-13(10-12)18-8-9-21-14-6-4-11(5-7-14)15(17)19-20/h1-7,10,18,20H,8-9H2,(H2,17,19). The van der Waals surface area contributed by atoms with E-state index < -0.39 is 0 Å². The van der Waals surface area contributed by atoms with Crippen LogP contribution < -0.4 is 15.8 Å². The van der Waals surface area contributed by atoms with E-state index >= 15 is 0 Å². The van der Waals surface area contributed by atoms with Gasteiger partial charge in [0.15, 0.2) is 5.84 Å². The monoisotopic (exact) mass is 349 g/mol. The Kier molecular flexibility index (Phi) is 5.45. The maximum Gasteiger partial charge on any atom is 0.170 e. The van der Waals surface area contributed by atoms with Crippen LogP contribution in [0.4, 0.5) is 5.69 Å². The van der Waals surface area contributed by atoms with Crippen molar-refractivity contribution in [2.75, 3.05) is 18.5 Å². The molecule has 0 heterocycles. The maximum absolute atomic E-state index is 8.58. The van der Waals surface area contributed by atoms with Crippen molar-refractivity contribution in [3.63, 3.8) is 0 Å². The lowest BCUT2D eigenvalue weighted by molar-refractivity contribution is 0.318. The third kappa shape index (κ3) is 4.68. The second kappa shape index (κ2) is 7.54. The first-order valence-electron chi connectivity index (χ1n) is 6.39. The van der Waals surface area contributed by atoms with Crippen molar-refractivity contribution in [2.24, 2.45) is 10.9 Å². The van der Waals surface area contributed by atoms with E-state index in [1.165, 1.54) is 0 Å². The topological polar surface area (TPSA) is 79.9 Å². The van der Waals surface area contributed by atoms with Crippen LogP contribution in [0, 0.1) is 0 Å². The molecule has 0 bridgehead atoms. The molecule has 6 heteroatoms. The number of amidine groups is 1. The molecule has 0 spiro atoms. The molecule has 0 aliphatic carbocycles. The number of hydrogen-bond acceptors (Lipinski definition) is 4. The Hall–Kier alpha value is -2.21. The second-order valence-electron chi connectivity index (χ2n) is 4.30. The van der Waals surface area contributed by atoms with Crippen LogP contribution in [0.15, 0.2) is 58.2 Å². The molecular weight excluding hydrogens is 334 g/mol. The fourth-order valence-corrected chi connectivity index (χ4v) is 2.14. The minimum Gasteiger partial charge on any atom is -0.492 e. The van der Waals surface area contributed by atoms with Gasteiger partial charge >= 0.3 is 0 Å². The van der Waals surface area contributed by atoms with E-state index in [-0.39, 0.29) is 5.84 Å². The van der Waals surface area contributed by atoms with Crippen molar-refractivity contribution in [3.8, 4) is 5.75 Å². The Morgan fingerprint density at radius 1 is 1.24 bits per heavy atom. The molecule has 2 aromatic rings. The van der Waals surface area contributed by atoms with Crippen LogP contribution in [0.25, 0.3) is 0 Å². The Bertz CT molecular complexity index is 615. The smallest absolute Gasteiger partial charge is 0.170 e. The van der Waals surface area contributed by atoms with Crippen molar-refractivity contribution in [1.29, 1.82) is 0 Å². The average molecular weight is 350 g/mol. The summed E-state index contributed by atoms with van der Waals surface area (Å²) in [5, 5.41) is 14.8. The summed E-state index contributed by atoms with van der Waals surface area (Å²) >= 11 is 3.42. The Morgan fingerprint density at radius 2 is 2.00 bits per heavy atom. The summed E-state index contributed by atoms with van der Waals surface area (Å²) in [5.41, 5.74) is 7.18. The molecule has 2 aromatic carbocycles. The number of oxime groups is 1. The van der Waals surface area contributed by atoms with E-state index in [9.17, 15) is 0 Å². The van der Waals surface area contributed by atoms with Gasteiger partial charge in [0.2, 0.25) is 0 Å². The molecule has 0 fully saturated rings. The van der Waals surface area contributed by atoms with Gasteiger partial charge in [-0.2, -0.15) is 0 Å². The van der Waals surface area contributed by atoms with Gasteiger partial charge in [-0.1, -0.05) is 27.2 Å². The number of anilines is 1. The van der Waals surface area contributed by atoms with E-state index in [1.54, 1.807) is 24.3 Å². The van der Waals surface area contributed by atoms with Crippen LogP contribution in [-0.2, 0) is 0 Å². The highest BCUT2D eigenvalue weighted by atomic mass is 79.9. The number of ether oxygens (including phenoxy) is 1. The lowest BCUT2D eigenvalue weighted by Gasteiger charge is -2.09. The highest BCUT2D eigenvalue weighted by molar-refractivity contribution is 9.10. The SMILES string of the molecule is NC(=NO)c1ccc(OCCNc2cccc(Br)c2)cc1. The first-order valence-corrected chi connectivity index (χ1v) is 7.18. The maximum atomic E-state index is 8.58. The van der Waals surface area contributed by atoms with E-state index in [0.717, 1.165) is 15.9 Å². The molecule has 2 rings (SSSR count). The number of hydrogen-bond donors (Lipinski definition) is 3. The van der Waals surface area contributed by atoms with E-state index in [2.05, 4.69) is 26.4 Å². The van der Waals surface area contributed by atoms with Gasteiger partial charge in [0.25, 0.3) is 0 Å². The minimum absolute atomic E-state index is 0.0814. The number of nitrogens with one attached hydrogen (secondary N) is 1. The zero-order chi connectivity index (χ0) is 15.1. The number of benzene rings is 2. The lowest BCUT2D eigenvalue weighted by Crippen LogP contribution is -2.13. The van der Waals surface area contributed by atoms with Crippen molar-refractivity contribution in [1.82, 2.24) is 0 Å². The zero-order valence-corrected chi connectivity index (χ0v) is 12.9. The van der Waals surface area contributed by atoms with Crippen LogP contribution in [0.3, 0.4) is 0 Å². The molecule has 110 valence electrons. The number of halogens is 1. The fraction of sp³-hybridized carbons (Fsp3) is 0.133. The van der Waals surface area contributed by atoms with Crippen LogP contribution in [0.5, 0.6) is 5.75 Å². The lowest BCUT2D eigenvalue weighted by atomic mass is 10.2. The average Bonchev–Trinajstić information content (AvgIpc) is 2.51. The molecule has 4 N–H and O–H groups in total. The van der Waals surface area contributed by atoms with Crippen LogP contribution in [0.1, 0.15) is 5.56 Å². The largest absolute Gasteiger partial charge is 0.492 e. The molecule has 0 saturated heterocycles. The van der Waals surface area contributed by atoms with Gasteiger partial charge in [-0.15, -0.1) is 0 Å². The highest BCUT2D eigenvalue weighted by Gasteiger charge is 2.00. The summed E-state index contributed by atoms with van der Waals surface area (Å²) in [6, 6.07) is 15.0. The molecule has 5 nitrogen and oxygen atoms in total. The Labute approximate surface area is 131 Å². The summed E-state index contributed by atoms with van der Waals surface area (Å²) < 4.78 is 6.64. The number of rotatable bonds is 6. The quantitative estimate of drug-likeness (QED) is 0.246. The van der Waals surface area contributed by atoms with Gasteiger partial charge in [0, 0.05) is 22.3 Å². The molecule has 0 aliphatic rings. The predicted molar refractivity (Wildman–Crippen MR) is 87.1 cm³/mol. The predicted octanol–water partition coefficient (Wildman–Crippen LogP) is 3.03. The first-order chi connectivity index (χ1) is 10.2. The molecule has 0 aromatic heterocycles. The third-order valence-electron chi connectivity index (χ3n) is 2.78. The van der Waals surface area contributed by atoms with Gasteiger partial charge in [-0.3, -0.25) is 0 Å². The normalized spacial score (nSPS) is 11.2. The summed E-state index contributed by atoms with van der Waals surface area (Å²) in [5.74, 6) is 0.818. The van der Waals surface area contributed by atoms with Gasteiger partial charge in [-0.05, 0) is 42.5 Å². The summed E-state index contributed by atoms with van der Waals surface area (Å²) in [6.07, 6.45) is 0. The molecule has 0 unspecified atom stereocenters. The highest BCUT2D eigenvalue weighted by Crippen LogP contribution is 2.15. The van der Waals surface area contributed by atoms with Gasteiger partial charge < -0.3 is 21.0 Å². The summed E-state index contributed by atoms with van der Waals surface area (Å²) in [4.78, 5) is 0. The van der Waals surface area contributed by atoms with E-state index in [0.29, 0.717) is 18.7 Å². The first kappa shape index (κ1) is 15.2. The molecule has 0 radical (unpaired) electrons. The molecule has 0 atom stereocenters. The van der Waals surface area contributed by atoms with Crippen molar-refractivity contribution in [2.45, 2.75) is 0 Å². The van der Waals surface area contributed by atoms with E-state index in [1.807, 2.05) is 24.3 Å². The van der Waals surface area contributed by atoms with Gasteiger partial charge in [0.1, 0.15) is 12.4 Å². The molecule has 0 aliphatic heterocycles. The molecular formula is C15H16BrN3O2. The summed E-state index contributed by atoms with van der Waals surface area (Å²) in [6.45, 7) is 1.23. The molecule has 0 saturated carbocycles. The minimum atomic E-state index is 0.0814. The van der Waals surface area contributed by atoms with Crippen molar-refractivity contribution in [3.05, 3.63) is 58.6 Å². The molecule has 21 heavy (non-hydrogen) atoms. The number of nitrogens with two attached hydrogens (primary N) is 1. The van der Waals surface area contributed by atoms with Gasteiger partial charge in [0.05, 0.1) is 0 Å². The summed E-state index contributed by atoms with van der Waals surface area (Å²) in [7, 11) is 0. The second-order valence-corrected chi connectivity index (χ2v) is 5.21. The number of nitrogens with zero attached hydrogens (tertiary/aromatic N) is 1. The Morgan fingerprint density at radius 3 is 2.67 bits per heavy atom.